The topological polar surface area (TPSA) is 0 Å². The molecule has 0 aliphatic carbocycles. The van der Waals surface area contributed by atoms with Crippen molar-refractivity contribution < 1.29 is 20.8 Å². The molecule has 0 nitrogen and oxygen atoms in total. The van der Waals surface area contributed by atoms with E-state index in [1.807, 2.05) is 0 Å². The van der Waals surface area contributed by atoms with E-state index in [1.54, 1.807) is 0 Å². The van der Waals surface area contributed by atoms with E-state index in [1.165, 1.54) is 54.9 Å². The van der Waals surface area contributed by atoms with Crippen molar-refractivity contribution >= 4 is 48.1 Å². The van der Waals surface area contributed by atoms with E-state index in [2.05, 4.69) is 145 Å². The van der Waals surface area contributed by atoms with Crippen molar-refractivity contribution in [2.24, 2.45) is 0 Å². The van der Waals surface area contributed by atoms with Gasteiger partial charge in [-0.25, -0.2) is 0 Å². The van der Waals surface area contributed by atoms with Crippen LogP contribution in [-0.2, 0) is 20.8 Å². The van der Waals surface area contributed by atoms with Crippen molar-refractivity contribution in [3.8, 4) is 0 Å². The second-order valence-corrected chi connectivity index (χ2v) is 18.0. The number of benzene rings is 2. The fraction of sp³-hybridized carbons (Fsp3) is 0.526. The molecule has 0 saturated carbocycles. The summed E-state index contributed by atoms with van der Waals surface area (Å²) in [5.74, 6) is 3.61. The summed E-state index contributed by atoms with van der Waals surface area (Å²) in [5, 5.41) is 5.76. The fourth-order valence-corrected chi connectivity index (χ4v) is 5.08. The van der Waals surface area contributed by atoms with Crippen molar-refractivity contribution in [1.29, 1.82) is 0 Å². The van der Waals surface area contributed by atoms with Gasteiger partial charge in [0, 0.05) is 9.52 Å². The van der Waals surface area contributed by atoms with Crippen LogP contribution in [-0.4, -0.2) is 9.52 Å². The normalized spacial score (nSPS) is 11.2. The summed E-state index contributed by atoms with van der Waals surface area (Å²) >= 11 is -0.826. The van der Waals surface area contributed by atoms with Crippen molar-refractivity contribution in [3.63, 3.8) is 0 Å². The van der Waals surface area contributed by atoms with Gasteiger partial charge in [0.1, 0.15) is 0 Å². The number of hydrogen-bond donors (Lipinski definition) is 0. The molecule has 0 amide bonds. The first-order chi connectivity index (χ1) is 19.6. The minimum absolute atomic E-state index is 0.591. The van der Waals surface area contributed by atoms with E-state index >= 15 is 0 Å². The van der Waals surface area contributed by atoms with Crippen molar-refractivity contribution in [2.45, 2.75) is 132 Å². The predicted octanol–water partition coefficient (Wildman–Crippen LogP) is 14.0. The van der Waals surface area contributed by atoms with Crippen LogP contribution in [0.25, 0.3) is 21.5 Å². The summed E-state index contributed by atoms with van der Waals surface area (Å²) in [4.78, 5) is 0. The molecule has 0 fully saturated rings. The van der Waals surface area contributed by atoms with Gasteiger partial charge in [0.2, 0.25) is 0 Å². The van der Waals surface area contributed by atoms with Gasteiger partial charge in [-0.05, 0) is 35.5 Å². The summed E-state index contributed by atoms with van der Waals surface area (Å²) in [6, 6.07) is 19.1. The average molecular weight is 703 g/mol. The van der Waals surface area contributed by atoms with Crippen LogP contribution >= 0.6 is 17.0 Å². The van der Waals surface area contributed by atoms with Gasteiger partial charge in [-0.3, -0.25) is 0 Å². The Balaban J connectivity index is 0.000000354. The van der Waals surface area contributed by atoms with E-state index in [9.17, 15) is 0 Å². The molecule has 4 aromatic rings. The first-order valence-electron chi connectivity index (χ1n) is 15.7. The third-order valence-electron chi connectivity index (χ3n) is 7.71. The molecule has 0 bridgehead atoms. The molecule has 0 unspecified atom stereocenters. The van der Waals surface area contributed by atoms with Crippen molar-refractivity contribution in [2.75, 3.05) is 0 Å². The Morgan fingerprint density at radius 3 is 1.00 bits per heavy atom. The van der Waals surface area contributed by atoms with Gasteiger partial charge >= 0.3 is 37.9 Å². The molecule has 4 rings (SSSR count). The Kier molecular flexibility index (Phi) is 17.8. The second kappa shape index (κ2) is 19.0. The molecule has 4 heteroatoms. The van der Waals surface area contributed by atoms with Gasteiger partial charge in [-0.15, -0.1) is 56.9 Å². The Hall–Kier alpha value is -0.660. The third-order valence-corrected chi connectivity index (χ3v) is 7.71. The zero-order valence-electron chi connectivity index (χ0n) is 28.8. The van der Waals surface area contributed by atoms with E-state index < -0.39 is 20.8 Å². The average Bonchev–Trinajstić information content (AvgIpc) is 3.53. The van der Waals surface area contributed by atoms with Gasteiger partial charge < -0.3 is 0 Å². The summed E-state index contributed by atoms with van der Waals surface area (Å²) in [7, 11) is 11.0. The molecule has 0 spiro atoms. The molecule has 0 saturated heterocycles. The zero-order valence-corrected chi connectivity index (χ0v) is 33.8. The summed E-state index contributed by atoms with van der Waals surface area (Å²) in [6.45, 7) is 31.7. The number of fused-ring (bicyclic) bond motifs is 2. The minimum atomic E-state index is -0.826. The molecular weight excluding hydrogens is 647 g/mol. The SMILES string of the molecule is CC(C)c1cc(C(C)C)c2cc(C(C)C)[cH-]c2c1.CC(C)c1cc(C(C)C)c2cc(C(C)C)[cH-]c2c1.C[Si]C.[Cl][Zr+2][Cl]. The third kappa shape index (κ3) is 11.4. The quantitative estimate of drug-likeness (QED) is 0.139. The van der Waals surface area contributed by atoms with Crippen LogP contribution < -0.4 is 0 Å². The molecule has 0 aliphatic heterocycles. The summed E-state index contributed by atoms with van der Waals surface area (Å²) in [6.07, 6.45) is 0. The standard InChI is InChI=1S/2C18H25.C2H6Si.2ClH.Zr/c2*1-11(2)14-7-16-8-15(12(3)4)10-18(16)17(9-14)13(5)6;1-3-2;;;/h2*7-13H,1-6H3;1-2H3;2*1H;/q2*-1;;;;+4/p-2. The van der Waals surface area contributed by atoms with Crippen LogP contribution in [0.1, 0.15) is 152 Å². The maximum absolute atomic E-state index is 4.93. The van der Waals surface area contributed by atoms with Crippen molar-refractivity contribution in [3.05, 3.63) is 81.9 Å². The molecular formula is C38H56Cl2SiZr. The molecule has 0 atom stereocenters. The first kappa shape index (κ1) is 39.4. The van der Waals surface area contributed by atoms with Crippen LogP contribution in [0.2, 0.25) is 13.1 Å². The molecule has 0 N–H and O–H groups in total. The predicted molar refractivity (Wildman–Crippen MR) is 193 cm³/mol. The van der Waals surface area contributed by atoms with Gasteiger partial charge in [-0.2, -0.15) is 12.1 Å². The number of rotatable bonds is 6. The second-order valence-electron chi connectivity index (χ2n) is 13.3. The van der Waals surface area contributed by atoms with E-state index in [4.69, 9.17) is 17.0 Å². The van der Waals surface area contributed by atoms with Gasteiger partial charge in [0.25, 0.3) is 0 Å². The van der Waals surface area contributed by atoms with Crippen LogP contribution in [0.3, 0.4) is 0 Å². The molecule has 230 valence electrons. The van der Waals surface area contributed by atoms with Gasteiger partial charge in [0.15, 0.2) is 0 Å². The fourth-order valence-electron chi connectivity index (χ4n) is 5.08. The Bertz CT molecular complexity index is 1230. The van der Waals surface area contributed by atoms with Crippen LogP contribution in [0.15, 0.2) is 48.5 Å². The summed E-state index contributed by atoms with van der Waals surface area (Å²) < 4.78 is 0. The summed E-state index contributed by atoms with van der Waals surface area (Å²) in [5.41, 5.74) is 8.87. The maximum atomic E-state index is 4.93. The molecule has 2 radical (unpaired) electrons. The van der Waals surface area contributed by atoms with Gasteiger partial charge in [0.05, 0.1) is 0 Å². The first-order valence-corrected chi connectivity index (χ1v) is 24.0. The van der Waals surface area contributed by atoms with E-state index in [-0.39, 0.29) is 0 Å². The van der Waals surface area contributed by atoms with E-state index in [0.717, 1.165) is 9.52 Å². The van der Waals surface area contributed by atoms with Gasteiger partial charge in [-0.1, -0.05) is 131 Å². The Morgan fingerprint density at radius 1 is 0.500 bits per heavy atom. The monoisotopic (exact) mass is 700 g/mol. The Labute approximate surface area is 280 Å². The molecule has 0 aromatic heterocycles. The number of halogens is 2. The zero-order chi connectivity index (χ0) is 32.3. The van der Waals surface area contributed by atoms with Crippen LogP contribution in [0, 0.1) is 0 Å². The number of hydrogen-bond acceptors (Lipinski definition) is 0. The molecule has 0 aliphatic rings. The van der Waals surface area contributed by atoms with Crippen LogP contribution in [0.4, 0.5) is 0 Å². The molecule has 42 heavy (non-hydrogen) atoms. The molecule has 0 heterocycles. The molecule has 4 aromatic carbocycles. The van der Waals surface area contributed by atoms with Crippen LogP contribution in [0.5, 0.6) is 0 Å². The van der Waals surface area contributed by atoms with Crippen molar-refractivity contribution in [1.82, 2.24) is 0 Å². The Morgan fingerprint density at radius 2 is 0.786 bits per heavy atom. The van der Waals surface area contributed by atoms with E-state index in [0.29, 0.717) is 35.5 Å².